The van der Waals surface area contributed by atoms with Crippen molar-refractivity contribution in [1.82, 2.24) is 4.98 Å². The minimum atomic E-state index is -0.702. The molecule has 0 bridgehead atoms. The van der Waals surface area contributed by atoms with Crippen molar-refractivity contribution in [3.8, 4) is 0 Å². The molecule has 1 aromatic heterocycles. The highest BCUT2D eigenvalue weighted by atomic mass is 16.5. The van der Waals surface area contributed by atoms with Crippen LogP contribution in [0.25, 0.3) is 10.9 Å². The van der Waals surface area contributed by atoms with Crippen LogP contribution in [0.1, 0.15) is 31.2 Å². The van der Waals surface area contributed by atoms with E-state index in [2.05, 4.69) is 24.4 Å². The Morgan fingerprint density at radius 3 is 2.92 bits per heavy atom. The number of rotatable bonds is 3. The molecule has 5 nitrogen and oxygen atoms in total. The van der Waals surface area contributed by atoms with Crippen LogP contribution in [0.3, 0.4) is 0 Å². The summed E-state index contributed by atoms with van der Waals surface area (Å²) in [6.45, 7) is 2.75. The topological polar surface area (TPSA) is 71.5 Å². The fraction of sp³-hybridized carbons (Fsp3) is 0.474. The van der Waals surface area contributed by atoms with Crippen LogP contribution in [0.15, 0.2) is 30.3 Å². The van der Waals surface area contributed by atoms with Gasteiger partial charge in [-0.25, -0.2) is 4.98 Å². The molecule has 2 aromatic rings. The predicted molar refractivity (Wildman–Crippen MR) is 92.2 cm³/mol. The van der Waals surface area contributed by atoms with Gasteiger partial charge in [0.15, 0.2) is 0 Å². The number of nitrogens with zero attached hydrogens (tertiary/aromatic N) is 1. The van der Waals surface area contributed by atoms with Crippen LogP contribution in [0, 0.1) is 12.8 Å². The fourth-order valence-corrected chi connectivity index (χ4v) is 4.01. The Kier molecular flexibility index (Phi) is 3.68. The lowest BCUT2D eigenvalue weighted by atomic mass is 9.66. The summed E-state index contributed by atoms with van der Waals surface area (Å²) in [4.78, 5) is 15.8. The van der Waals surface area contributed by atoms with Gasteiger partial charge in [-0.15, -0.1) is 0 Å². The van der Waals surface area contributed by atoms with Gasteiger partial charge in [0.05, 0.1) is 17.0 Å². The summed E-state index contributed by atoms with van der Waals surface area (Å²) in [5.41, 5.74) is 1.87. The summed E-state index contributed by atoms with van der Waals surface area (Å²) in [5.74, 6) is -0.0273. The summed E-state index contributed by atoms with van der Waals surface area (Å²) >= 11 is 0. The van der Waals surface area contributed by atoms with E-state index in [1.165, 1.54) is 0 Å². The maximum absolute atomic E-state index is 11.1. The molecule has 2 N–H and O–H groups in total. The third-order valence-electron chi connectivity index (χ3n) is 5.33. The first kappa shape index (κ1) is 15.4. The molecule has 1 saturated carbocycles. The molecule has 1 atom stereocenters. The molecule has 126 valence electrons. The summed E-state index contributed by atoms with van der Waals surface area (Å²) in [5, 5.41) is 13.8. The van der Waals surface area contributed by atoms with Crippen molar-refractivity contribution >= 4 is 22.7 Å². The lowest BCUT2D eigenvalue weighted by Crippen LogP contribution is -2.54. The predicted octanol–water partition coefficient (Wildman–Crippen LogP) is 3.37. The quantitative estimate of drug-likeness (QED) is 0.905. The lowest BCUT2D eigenvalue weighted by Gasteiger charge is -2.50. The fourth-order valence-electron chi connectivity index (χ4n) is 4.01. The van der Waals surface area contributed by atoms with Crippen LogP contribution in [-0.4, -0.2) is 34.3 Å². The van der Waals surface area contributed by atoms with Gasteiger partial charge in [-0.1, -0.05) is 18.2 Å². The molecule has 24 heavy (non-hydrogen) atoms. The highest BCUT2D eigenvalue weighted by Crippen LogP contribution is 2.47. The molecule has 0 radical (unpaired) electrons. The highest BCUT2D eigenvalue weighted by Gasteiger charge is 2.51. The number of anilines is 1. The van der Waals surface area contributed by atoms with Gasteiger partial charge in [0.25, 0.3) is 0 Å². The number of aromatic nitrogens is 1. The molecule has 2 aliphatic rings. The molecule has 0 amide bonds. The van der Waals surface area contributed by atoms with Crippen LogP contribution in [0.2, 0.25) is 0 Å². The van der Waals surface area contributed by atoms with E-state index in [-0.39, 0.29) is 17.6 Å². The Bertz CT molecular complexity index is 783. The van der Waals surface area contributed by atoms with E-state index in [9.17, 15) is 4.79 Å². The molecular weight excluding hydrogens is 304 g/mol. The Morgan fingerprint density at radius 1 is 1.33 bits per heavy atom. The van der Waals surface area contributed by atoms with Crippen LogP contribution >= 0.6 is 0 Å². The van der Waals surface area contributed by atoms with E-state index >= 15 is 0 Å². The second kappa shape index (κ2) is 5.74. The molecule has 1 aromatic carbocycles. The Labute approximate surface area is 141 Å². The summed E-state index contributed by atoms with van der Waals surface area (Å²) < 4.78 is 5.93. The Morgan fingerprint density at radius 2 is 2.12 bits per heavy atom. The number of benzene rings is 1. The zero-order chi connectivity index (χ0) is 16.7. The van der Waals surface area contributed by atoms with Crippen LogP contribution in [-0.2, 0) is 9.53 Å². The zero-order valence-electron chi connectivity index (χ0n) is 13.8. The maximum Gasteiger partial charge on any atom is 0.306 e. The lowest BCUT2D eigenvalue weighted by molar-refractivity contribution is -0.179. The number of carboxylic acid groups (broad SMARTS) is 1. The van der Waals surface area contributed by atoms with E-state index in [0.717, 1.165) is 35.1 Å². The first-order valence-corrected chi connectivity index (χ1v) is 8.54. The first-order valence-electron chi connectivity index (χ1n) is 8.54. The first-order chi connectivity index (χ1) is 11.5. The van der Waals surface area contributed by atoms with Crippen molar-refractivity contribution in [3.05, 3.63) is 35.9 Å². The minimum absolute atomic E-state index is 0.246. The molecule has 4 rings (SSSR count). The number of fused-ring (bicyclic) bond motifs is 1. The van der Waals surface area contributed by atoms with Crippen molar-refractivity contribution in [1.29, 1.82) is 0 Å². The molecule has 5 heteroatoms. The smallest absolute Gasteiger partial charge is 0.306 e. The number of ether oxygens (including phenoxy) is 1. The van der Waals surface area contributed by atoms with E-state index < -0.39 is 5.97 Å². The molecule has 2 heterocycles. The third kappa shape index (κ3) is 2.73. The van der Waals surface area contributed by atoms with Crippen LogP contribution in [0.5, 0.6) is 0 Å². The van der Waals surface area contributed by atoms with E-state index in [1.54, 1.807) is 0 Å². The van der Waals surface area contributed by atoms with E-state index in [1.807, 2.05) is 18.2 Å². The highest BCUT2D eigenvalue weighted by molar-refractivity contribution is 5.81. The Balaban J connectivity index is 1.49. The number of carbonyl (C=O) groups is 1. The van der Waals surface area contributed by atoms with E-state index in [4.69, 9.17) is 14.8 Å². The van der Waals surface area contributed by atoms with Gasteiger partial charge in [-0.05, 0) is 50.3 Å². The monoisotopic (exact) mass is 326 g/mol. The van der Waals surface area contributed by atoms with Crippen molar-refractivity contribution in [2.75, 3.05) is 11.9 Å². The summed E-state index contributed by atoms with van der Waals surface area (Å²) in [6.07, 6.45) is 3.04. The van der Waals surface area contributed by atoms with Gasteiger partial charge in [0.2, 0.25) is 0 Å². The zero-order valence-corrected chi connectivity index (χ0v) is 13.8. The number of pyridine rings is 1. The van der Waals surface area contributed by atoms with Crippen molar-refractivity contribution in [3.63, 3.8) is 0 Å². The summed E-state index contributed by atoms with van der Waals surface area (Å²) in [6, 6.07) is 10.6. The number of hydrogen-bond donors (Lipinski definition) is 2. The Hall–Kier alpha value is -2.14. The number of aryl methyl sites for hydroxylation is 1. The van der Waals surface area contributed by atoms with Gasteiger partial charge in [0.1, 0.15) is 5.82 Å². The standard InChI is InChI=1S/C19H22N2O3/c1-12-8-13-4-2-3-5-16(13)21-17(12)20-15-6-7-24-19(11-15)9-14(10-19)18(22)23/h2-5,8,14-15H,6-7,9-11H2,1H3,(H,20,21)(H,22,23). The van der Waals surface area contributed by atoms with Gasteiger partial charge in [-0.2, -0.15) is 0 Å². The molecular formula is C19H22N2O3. The number of para-hydroxylation sites is 1. The number of aliphatic carboxylic acids is 1. The normalized spacial score (nSPS) is 29.4. The third-order valence-corrected chi connectivity index (χ3v) is 5.33. The number of carboxylic acids is 1. The van der Waals surface area contributed by atoms with Gasteiger partial charge >= 0.3 is 5.97 Å². The van der Waals surface area contributed by atoms with Crippen molar-refractivity contribution in [2.45, 2.75) is 44.2 Å². The molecule has 1 aliphatic heterocycles. The van der Waals surface area contributed by atoms with Crippen molar-refractivity contribution in [2.24, 2.45) is 5.92 Å². The molecule has 1 spiro atoms. The SMILES string of the molecule is Cc1cc2ccccc2nc1NC1CCOC2(C1)CC(C(=O)O)C2. The van der Waals surface area contributed by atoms with Gasteiger partial charge < -0.3 is 15.2 Å². The number of hydrogen-bond acceptors (Lipinski definition) is 4. The van der Waals surface area contributed by atoms with Crippen molar-refractivity contribution < 1.29 is 14.6 Å². The van der Waals surface area contributed by atoms with E-state index in [0.29, 0.717) is 19.4 Å². The molecule has 2 fully saturated rings. The second-order valence-corrected chi connectivity index (χ2v) is 7.16. The number of nitrogens with one attached hydrogen (secondary N) is 1. The van der Waals surface area contributed by atoms with Gasteiger partial charge in [-0.3, -0.25) is 4.79 Å². The average Bonchev–Trinajstić information content (AvgIpc) is 2.53. The minimum Gasteiger partial charge on any atom is -0.481 e. The maximum atomic E-state index is 11.1. The van der Waals surface area contributed by atoms with Crippen LogP contribution in [0.4, 0.5) is 5.82 Å². The molecule has 1 unspecified atom stereocenters. The molecule has 1 aliphatic carbocycles. The average molecular weight is 326 g/mol. The molecule has 1 saturated heterocycles. The van der Waals surface area contributed by atoms with Gasteiger partial charge in [0, 0.05) is 18.0 Å². The largest absolute Gasteiger partial charge is 0.481 e. The van der Waals surface area contributed by atoms with Crippen LogP contribution < -0.4 is 5.32 Å². The summed E-state index contributed by atoms with van der Waals surface area (Å²) in [7, 11) is 0. The second-order valence-electron chi connectivity index (χ2n) is 7.16.